The second kappa shape index (κ2) is 27.9. The van der Waals surface area contributed by atoms with Crippen LogP contribution in [0.3, 0.4) is 0 Å². The number of nitrogens with one attached hydrogen (secondary N) is 1. The number of phosphoric acid groups is 1. The molecule has 20 nitrogen and oxygen atoms in total. The molecule has 23 heteroatoms. The maximum Gasteiger partial charge on any atom is 0.475 e. The lowest BCUT2D eigenvalue weighted by atomic mass is 9.69. The summed E-state index contributed by atoms with van der Waals surface area (Å²) < 4.78 is 89.7. The van der Waals surface area contributed by atoms with Crippen molar-refractivity contribution < 1.29 is 51.0 Å². The predicted octanol–water partition coefficient (Wildman–Crippen LogP) is 13.5. The molecule has 2 fully saturated rings. The van der Waals surface area contributed by atoms with Gasteiger partial charge in [0.15, 0.2) is 40.2 Å². The predicted molar refractivity (Wildman–Crippen MR) is 348 cm³/mol. The summed E-state index contributed by atoms with van der Waals surface area (Å²) in [6, 6.07) is 64.4. The van der Waals surface area contributed by atoms with Crippen LogP contribution in [0.4, 0.5) is 10.2 Å². The van der Waals surface area contributed by atoms with Crippen LogP contribution in [0.15, 0.2) is 225 Å². The van der Waals surface area contributed by atoms with E-state index in [1.807, 2.05) is 180 Å². The summed E-state index contributed by atoms with van der Waals surface area (Å²) in [6.07, 6.45) is -1.19. The lowest BCUT2D eigenvalue weighted by Crippen LogP contribution is -2.46. The molecule has 0 radical (unpaired) electrons. The van der Waals surface area contributed by atoms with Crippen molar-refractivity contribution in [2.45, 2.75) is 54.7 Å². The van der Waals surface area contributed by atoms with E-state index in [-0.39, 0.29) is 47.8 Å². The Kier molecular flexibility index (Phi) is 18.8. The third kappa shape index (κ3) is 12.5. The van der Waals surface area contributed by atoms with Crippen LogP contribution in [0, 0.1) is 23.2 Å². The lowest BCUT2D eigenvalue weighted by Gasteiger charge is -2.47. The van der Waals surface area contributed by atoms with Crippen molar-refractivity contribution in [1.82, 2.24) is 39.0 Å². The Labute approximate surface area is 545 Å². The van der Waals surface area contributed by atoms with Crippen LogP contribution in [-0.4, -0.2) is 104 Å². The van der Waals surface area contributed by atoms with Gasteiger partial charge in [0.05, 0.1) is 65.8 Å². The lowest BCUT2D eigenvalue weighted by molar-refractivity contribution is -0.0959. The molecule has 476 valence electrons. The van der Waals surface area contributed by atoms with E-state index >= 15 is 8.96 Å². The van der Waals surface area contributed by atoms with Crippen LogP contribution in [0.1, 0.15) is 68.9 Å². The number of anilines is 1. The van der Waals surface area contributed by atoms with Gasteiger partial charge in [0.1, 0.15) is 53.1 Å². The molecule has 0 spiro atoms. The number of ether oxygens (including phenoxy) is 5. The minimum Gasteiger partial charge on any atom is -0.497 e. The van der Waals surface area contributed by atoms with Gasteiger partial charge in [-0.3, -0.25) is 22.9 Å². The van der Waals surface area contributed by atoms with Gasteiger partial charge >= 0.3 is 7.82 Å². The number of amides is 1. The SMILES string of the molecule is COc1ccc(C(OC[C@H]2O[C@@H](n3cnc4c(NC(=O)c5ccccc5)ncnc43)[C@H](F)[C@@H]2OP(=O)(OCCC#N)OC[C@H]2C[C@@H](n3cnc4c(Cl)ncnc43)[C@@H]2COC(c2ccccc2)(c2ccccc2)c2ccccc2)(c2ccccc2)c2ccc(OC)cc2)cc1. The third-order valence-corrected chi connectivity index (χ3v) is 19.1. The van der Waals surface area contributed by atoms with Crippen LogP contribution >= 0.6 is 19.4 Å². The Morgan fingerprint density at radius 1 is 0.628 bits per heavy atom. The number of imidazole rings is 2. The van der Waals surface area contributed by atoms with E-state index in [1.54, 1.807) is 50.9 Å². The number of carbonyl (C=O) groups is 1. The van der Waals surface area contributed by atoms with Gasteiger partial charge in [0, 0.05) is 17.5 Å². The first kappa shape index (κ1) is 63.2. The van der Waals surface area contributed by atoms with E-state index in [2.05, 4.69) is 35.2 Å². The quantitative estimate of drug-likeness (QED) is 0.0230. The van der Waals surface area contributed by atoms with Crippen molar-refractivity contribution in [3.63, 3.8) is 0 Å². The maximum absolute atomic E-state index is 18.5. The molecule has 2 aliphatic rings. The molecule has 94 heavy (non-hydrogen) atoms. The van der Waals surface area contributed by atoms with Gasteiger partial charge in [-0.05, 0) is 82.1 Å². The fourth-order valence-corrected chi connectivity index (χ4v) is 14.2. The highest BCUT2D eigenvalue weighted by Crippen LogP contribution is 2.57. The number of halogens is 2. The summed E-state index contributed by atoms with van der Waals surface area (Å²) >= 11 is 6.59. The normalized spacial score (nSPS) is 19.5. The topological polar surface area (TPSA) is 231 Å². The number of aromatic nitrogens is 8. The molecule has 1 unspecified atom stereocenters. The average molecular weight is 1300 g/mol. The van der Waals surface area contributed by atoms with E-state index in [0.29, 0.717) is 51.3 Å². The van der Waals surface area contributed by atoms with Crippen LogP contribution in [0.25, 0.3) is 22.3 Å². The highest BCUT2D eigenvalue weighted by Gasteiger charge is 2.54. The summed E-state index contributed by atoms with van der Waals surface area (Å²) in [4.78, 5) is 40.3. The number of fused-ring (bicyclic) bond motifs is 2. The zero-order valence-electron chi connectivity index (χ0n) is 51.0. The largest absolute Gasteiger partial charge is 0.497 e. The van der Waals surface area contributed by atoms with Crippen molar-refractivity contribution in [3.8, 4) is 17.6 Å². The van der Waals surface area contributed by atoms with E-state index in [0.717, 1.165) is 16.7 Å². The molecular formula is C71H63ClFN10O10P. The number of hydrogen-bond acceptors (Lipinski definition) is 17. The molecule has 0 bridgehead atoms. The second-order valence-electron chi connectivity index (χ2n) is 22.6. The monoisotopic (exact) mass is 1300 g/mol. The number of hydrogen-bond donors (Lipinski definition) is 1. The molecule has 1 saturated heterocycles. The first-order valence-electron chi connectivity index (χ1n) is 30.4. The number of benzene rings is 7. The van der Waals surface area contributed by atoms with Crippen LogP contribution in [-0.2, 0) is 43.5 Å². The summed E-state index contributed by atoms with van der Waals surface area (Å²) in [5.41, 5.74) is 3.57. The molecular weight excluding hydrogens is 1240 g/mol. The number of nitrogens with zero attached hydrogens (tertiary/aromatic N) is 9. The maximum atomic E-state index is 18.5. The Bertz CT molecular complexity index is 4320. The number of phosphoric ester groups is 1. The standard InChI is InChI=1S/C71H63ClFN10O10P/c1-86-55-33-29-53(30-34-55)71(52-27-16-7-17-28-52,54-31-35-56(87-2)36-32-54)89-42-59-63(60(73)69(92-59)83-46-80-62-65(76-44-78-67(62)83)81-68(84)47-19-8-3-9-20-47)93-94(85,90-38-18-37-74)91-40-48-39-58(82-45-79-61-64(72)75-43-77-66(61)82)57(48)41-88-70(49-21-10-4-11-22-49,50-23-12-5-13-24-50)51-25-14-6-15-26-51/h3-17,19-36,43-46,48,57-60,63,69H,18,38-42H2,1-2H3,(H,76,78,81,84)/t48-,57-,58-,59-,60-,63-,69-,94?/m1/s1. The van der Waals surface area contributed by atoms with E-state index in [9.17, 15) is 10.1 Å². The summed E-state index contributed by atoms with van der Waals surface area (Å²) in [7, 11) is -1.82. The zero-order chi connectivity index (χ0) is 64.7. The van der Waals surface area contributed by atoms with Crippen molar-refractivity contribution in [2.75, 3.05) is 46.0 Å². The molecule has 1 aliphatic heterocycles. The zero-order valence-corrected chi connectivity index (χ0v) is 52.6. The molecule has 7 aromatic carbocycles. The Morgan fingerprint density at radius 2 is 1.12 bits per heavy atom. The molecule has 1 saturated carbocycles. The minimum absolute atomic E-state index is 0.0558. The number of carbonyl (C=O) groups excluding carboxylic acids is 1. The van der Waals surface area contributed by atoms with Gasteiger partial charge in [-0.25, -0.2) is 38.9 Å². The van der Waals surface area contributed by atoms with Gasteiger partial charge in [0.2, 0.25) is 0 Å². The van der Waals surface area contributed by atoms with Crippen LogP contribution < -0.4 is 14.8 Å². The Hall–Kier alpha value is -9.59. The smallest absolute Gasteiger partial charge is 0.475 e. The first-order chi connectivity index (χ1) is 46.0. The second-order valence-corrected chi connectivity index (χ2v) is 24.5. The number of nitriles is 1. The van der Waals surface area contributed by atoms with E-state index in [1.165, 1.54) is 23.5 Å². The number of alkyl halides is 1. The van der Waals surface area contributed by atoms with E-state index in [4.69, 9.17) is 48.9 Å². The van der Waals surface area contributed by atoms with Gasteiger partial charge < -0.3 is 33.6 Å². The van der Waals surface area contributed by atoms with Crippen molar-refractivity contribution in [2.24, 2.45) is 11.8 Å². The molecule has 1 N–H and O–H groups in total. The Balaban J connectivity index is 0.870. The first-order valence-corrected chi connectivity index (χ1v) is 32.3. The third-order valence-electron chi connectivity index (χ3n) is 17.3. The molecule has 1 amide bonds. The fourth-order valence-electron chi connectivity index (χ4n) is 12.6. The molecule has 4 aromatic heterocycles. The molecule has 13 rings (SSSR count). The van der Waals surface area contributed by atoms with Gasteiger partial charge in [0.25, 0.3) is 5.91 Å². The van der Waals surface area contributed by atoms with Gasteiger partial charge in [-0.2, -0.15) is 5.26 Å². The van der Waals surface area contributed by atoms with Crippen molar-refractivity contribution in [1.29, 1.82) is 5.26 Å². The fraction of sp³-hybridized carbons (Fsp3) is 0.239. The molecule has 1 aliphatic carbocycles. The van der Waals surface area contributed by atoms with Crippen LogP contribution in [0.2, 0.25) is 5.15 Å². The molecule has 5 heterocycles. The summed E-state index contributed by atoms with van der Waals surface area (Å²) in [5, 5.41) is 12.9. The molecule has 11 aromatic rings. The Morgan fingerprint density at radius 3 is 1.66 bits per heavy atom. The number of rotatable bonds is 26. The van der Waals surface area contributed by atoms with Crippen LogP contribution in [0.5, 0.6) is 11.5 Å². The molecule has 8 atom stereocenters. The van der Waals surface area contributed by atoms with Gasteiger partial charge in [-0.1, -0.05) is 175 Å². The van der Waals surface area contributed by atoms with Crippen molar-refractivity contribution >= 4 is 53.5 Å². The highest BCUT2D eigenvalue weighted by atomic mass is 35.5. The van der Waals surface area contributed by atoms with Gasteiger partial charge in [-0.15, -0.1) is 0 Å². The average Bonchev–Trinajstić information content (AvgIpc) is 1.12. The number of methoxy groups -OCH3 is 2. The van der Waals surface area contributed by atoms with Crippen molar-refractivity contribution in [3.05, 3.63) is 270 Å². The minimum atomic E-state index is -4.96. The highest BCUT2D eigenvalue weighted by molar-refractivity contribution is 7.48. The summed E-state index contributed by atoms with van der Waals surface area (Å²) in [5.74, 6) is -0.0707. The van der Waals surface area contributed by atoms with E-state index < -0.39 is 74.6 Å². The summed E-state index contributed by atoms with van der Waals surface area (Å²) in [6.45, 7) is -0.987.